The molecule has 9 heteroatoms. The van der Waals surface area contributed by atoms with Crippen molar-refractivity contribution in [3.63, 3.8) is 0 Å². The van der Waals surface area contributed by atoms with Gasteiger partial charge in [-0.2, -0.15) is 16.9 Å². The van der Waals surface area contributed by atoms with Crippen molar-refractivity contribution in [1.82, 2.24) is 9.78 Å². The van der Waals surface area contributed by atoms with Crippen molar-refractivity contribution in [1.29, 1.82) is 0 Å². The van der Waals surface area contributed by atoms with Crippen LogP contribution >= 0.6 is 23.4 Å². The molecule has 1 saturated heterocycles. The summed E-state index contributed by atoms with van der Waals surface area (Å²) in [4.78, 5) is 26.5. The van der Waals surface area contributed by atoms with Crippen molar-refractivity contribution in [2.24, 2.45) is 0 Å². The Kier molecular flexibility index (Phi) is 6.76. The Morgan fingerprint density at radius 3 is 2.78 bits per heavy atom. The number of carbonyl (C=O) groups is 1. The SMILES string of the molecule is COCCn1nc(C(=O)Nc2ccc(N3CCSCC3)c(Cl)c2)ccc1=O. The zero-order chi connectivity index (χ0) is 19.2. The Bertz CT molecular complexity index is 868. The van der Waals surface area contributed by atoms with Crippen LogP contribution in [-0.4, -0.2) is 54.0 Å². The molecule has 0 saturated carbocycles. The highest BCUT2D eigenvalue weighted by molar-refractivity contribution is 7.99. The fraction of sp³-hybridized carbons (Fsp3) is 0.389. The van der Waals surface area contributed by atoms with Gasteiger partial charge in [-0.25, -0.2) is 4.68 Å². The Morgan fingerprint density at radius 1 is 1.30 bits per heavy atom. The first-order valence-corrected chi connectivity index (χ1v) is 10.1. The normalized spacial score (nSPS) is 14.2. The van der Waals surface area contributed by atoms with E-state index in [2.05, 4.69) is 15.3 Å². The van der Waals surface area contributed by atoms with Gasteiger partial charge < -0.3 is 15.0 Å². The Labute approximate surface area is 166 Å². The zero-order valence-corrected chi connectivity index (χ0v) is 16.6. The number of rotatable bonds is 6. The van der Waals surface area contributed by atoms with E-state index in [1.54, 1.807) is 6.07 Å². The van der Waals surface area contributed by atoms with Crippen LogP contribution in [-0.2, 0) is 11.3 Å². The smallest absolute Gasteiger partial charge is 0.276 e. The van der Waals surface area contributed by atoms with E-state index in [4.69, 9.17) is 16.3 Å². The molecule has 0 unspecified atom stereocenters. The van der Waals surface area contributed by atoms with Gasteiger partial charge in [0.1, 0.15) is 5.69 Å². The zero-order valence-electron chi connectivity index (χ0n) is 15.0. The maximum Gasteiger partial charge on any atom is 0.276 e. The monoisotopic (exact) mass is 408 g/mol. The third kappa shape index (κ3) is 5.03. The number of nitrogens with one attached hydrogen (secondary N) is 1. The van der Waals surface area contributed by atoms with E-state index in [0.717, 1.165) is 30.3 Å². The van der Waals surface area contributed by atoms with Gasteiger partial charge in [0.15, 0.2) is 0 Å². The molecule has 3 rings (SSSR count). The third-order valence-corrected chi connectivity index (χ3v) is 5.41. The molecule has 2 aromatic rings. The van der Waals surface area contributed by atoms with Crippen LogP contribution in [0.5, 0.6) is 0 Å². The summed E-state index contributed by atoms with van der Waals surface area (Å²) in [5.41, 5.74) is 1.42. The summed E-state index contributed by atoms with van der Waals surface area (Å²) in [6.07, 6.45) is 0. The van der Waals surface area contributed by atoms with Gasteiger partial charge in [0, 0.05) is 43.5 Å². The largest absolute Gasteiger partial charge is 0.383 e. The summed E-state index contributed by atoms with van der Waals surface area (Å²) in [6, 6.07) is 8.20. The van der Waals surface area contributed by atoms with Crippen LogP contribution in [0.15, 0.2) is 35.1 Å². The number of nitrogens with zero attached hydrogens (tertiary/aromatic N) is 3. The number of thioether (sulfide) groups is 1. The van der Waals surface area contributed by atoms with E-state index in [0.29, 0.717) is 17.3 Å². The number of ether oxygens (including phenoxy) is 1. The minimum Gasteiger partial charge on any atom is -0.383 e. The topological polar surface area (TPSA) is 76.5 Å². The van der Waals surface area contributed by atoms with Crippen LogP contribution in [0.3, 0.4) is 0 Å². The highest BCUT2D eigenvalue weighted by Gasteiger charge is 2.16. The minimum atomic E-state index is -0.403. The van der Waals surface area contributed by atoms with Crippen LogP contribution < -0.4 is 15.8 Å². The van der Waals surface area contributed by atoms with Crippen LogP contribution in [0.2, 0.25) is 5.02 Å². The molecule has 0 atom stereocenters. The maximum atomic E-state index is 12.5. The van der Waals surface area contributed by atoms with Crippen LogP contribution in [0, 0.1) is 0 Å². The number of carbonyl (C=O) groups excluding carboxylic acids is 1. The number of amides is 1. The molecule has 1 N–H and O–H groups in total. The van der Waals surface area contributed by atoms with Crippen molar-refractivity contribution in [2.45, 2.75) is 6.54 Å². The second kappa shape index (κ2) is 9.25. The van der Waals surface area contributed by atoms with Crippen LogP contribution in [0.25, 0.3) is 0 Å². The fourth-order valence-electron chi connectivity index (χ4n) is 2.75. The number of halogens is 1. The molecule has 1 aromatic carbocycles. The third-order valence-electron chi connectivity index (χ3n) is 4.16. The van der Waals surface area contributed by atoms with E-state index in [1.165, 1.54) is 23.9 Å². The molecule has 1 aliphatic rings. The molecular formula is C18H21ClN4O3S. The summed E-state index contributed by atoms with van der Waals surface area (Å²) >= 11 is 8.36. The lowest BCUT2D eigenvalue weighted by Gasteiger charge is -2.29. The first-order valence-electron chi connectivity index (χ1n) is 8.59. The van der Waals surface area contributed by atoms with Gasteiger partial charge >= 0.3 is 0 Å². The van der Waals surface area contributed by atoms with Gasteiger partial charge in [-0.15, -0.1) is 0 Å². The van der Waals surface area contributed by atoms with Gasteiger partial charge in [0.25, 0.3) is 11.5 Å². The van der Waals surface area contributed by atoms with Crippen molar-refractivity contribution in [2.75, 3.05) is 48.5 Å². The molecule has 7 nitrogen and oxygen atoms in total. The number of anilines is 2. The molecule has 1 fully saturated rings. The Balaban J connectivity index is 1.72. The molecule has 0 bridgehead atoms. The van der Waals surface area contributed by atoms with Crippen LogP contribution in [0.1, 0.15) is 10.5 Å². The molecule has 1 aromatic heterocycles. The number of aromatic nitrogens is 2. The minimum absolute atomic E-state index is 0.152. The first kappa shape index (κ1) is 19.7. The Hall–Kier alpha value is -2.03. The highest BCUT2D eigenvalue weighted by atomic mass is 35.5. The summed E-state index contributed by atoms with van der Waals surface area (Å²) < 4.78 is 6.16. The summed E-state index contributed by atoms with van der Waals surface area (Å²) in [6.45, 7) is 2.54. The number of methoxy groups -OCH3 is 1. The van der Waals surface area contributed by atoms with E-state index >= 15 is 0 Å². The summed E-state index contributed by atoms with van der Waals surface area (Å²) in [5.74, 6) is 1.76. The standard InChI is InChI=1S/C18H21ClN4O3S/c1-26-9-6-23-17(24)5-3-15(21-23)18(25)20-13-2-4-16(14(19)12-13)22-7-10-27-11-8-22/h2-5,12H,6-11H2,1H3,(H,20,25). The predicted molar refractivity (Wildman–Crippen MR) is 109 cm³/mol. The lowest BCUT2D eigenvalue weighted by atomic mass is 10.2. The van der Waals surface area contributed by atoms with Crippen molar-refractivity contribution in [3.05, 3.63) is 51.4 Å². The summed E-state index contributed by atoms with van der Waals surface area (Å²) in [5, 5.41) is 7.46. The summed E-state index contributed by atoms with van der Waals surface area (Å²) in [7, 11) is 1.54. The molecule has 0 spiro atoms. The van der Waals surface area contributed by atoms with E-state index in [-0.39, 0.29) is 17.8 Å². The lowest BCUT2D eigenvalue weighted by molar-refractivity contribution is 0.101. The van der Waals surface area contributed by atoms with Crippen molar-refractivity contribution < 1.29 is 9.53 Å². The van der Waals surface area contributed by atoms with Crippen molar-refractivity contribution in [3.8, 4) is 0 Å². The molecular weight excluding hydrogens is 388 g/mol. The van der Waals surface area contributed by atoms with Crippen LogP contribution in [0.4, 0.5) is 11.4 Å². The van der Waals surface area contributed by atoms with Gasteiger partial charge in [-0.1, -0.05) is 11.6 Å². The quantitative estimate of drug-likeness (QED) is 0.790. The second-order valence-corrected chi connectivity index (χ2v) is 7.62. The molecule has 1 aliphatic heterocycles. The van der Waals surface area contributed by atoms with Gasteiger partial charge in [-0.3, -0.25) is 9.59 Å². The molecule has 0 aliphatic carbocycles. The highest BCUT2D eigenvalue weighted by Crippen LogP contribution is 2.30. The van der Waals surface area contributed by atoms with E-state index in [9.17, 15) is 9.59 Å². The van der Waals surface area contributed by atoms with E-state index < -0.39 is 5.91 Å². The second-order valence-electron chi connectivity index (χ2n) is 5.99. The van der Waals surface area contributed by atoms with Gasteiger partial charge in [0.05, 0.1) is 23.9 Å². The number of hydrogen-bond donors (Lipinski definition) is 1. The average molecular weight is 409 g/mol. The van der Waals surface area contributed by atoms with Gasteiger partial charge in [0.2, 0.25) is 0 Å². The predicted octanol–water partition coefficient (Wildman–Crippen LogP) is 2.35. The fourth-order valence-corrected chi connectivity index (χ4v) is 3.95. The maximum absolute atomic E-state index is 12.5. The van der Waals surface area contributed by atoms with Crippen molar-refractivity contribution >= 4 is 40.6 Å². The van der Waals surface area contributed by atoms with E-state index in [1.807, 2.05) is 23.9 Å². The molecule has 27 heavy (non-hydrogen) atoms. The molecule has 0 radical (unpaired) electrons. The first-order chi connectivity index (χ1) is 13.1. The average Bonchev–Trinajstić information content (AvgIpc) is 2.68. The van der Waals surface area contributed by atoms with Gasteiger partial charge in [-0.05, 0) is 24.3 Å². The number of benzene rings is 1. The lowest BCUT2D eigenvalue weighted by Crippen LogP contribution is -2.32. The molecule has 2 heterocycles. The Morgan fingerprint density at radius 2 is 2.07 bits per heavy atom. The molecule has 1 amide bonds. The molecule has 144 valence electrons. The number of hydrogen-bond acceptors (Lipinski definition) is 6.